The first kappa shape index (κ1) is 5.42. The van der Waals surface area contributed by atoms with E-state index in [1.54, 1.807) is 6.92 Å². The van der Waals surface area contributed by atoms with Crippen molar-refractivity contribution >= 4 is 5.78 Å². The van der Waals surface area contributed by atoms with Crippen molar-refractivity contribution in [1.82, 2.24) is 5.32 Å². The third kappa shape index (κ3) is 0.568. The lowest BCUT2D eigenvalue weighted by molar-refractivity contribution is -0.119. The molecule has 2 rings (SSSR count). The standard InChI is InChI=1S/C7H11NO/c1-5(9)6-2-7(6)3-8-4-7/h6,8H,2-4H2,1H3. The van der Waals surface area contributed by atoms with Gasteiger partial charge in [-0.25, -0.2) is 0 Å². The molecule has 0 aromatic heterocycles. The van der Waals surface area contributed by atoms with Crippen LogP contribution < -0.4 is 5.32 Å². The molecule has 0 aromatic carbocycles. The van der Waals surface area contributed by atoms with Gasteiger partial charge in [0.05, 0.1) is 0 Å². The van der Waals surface area contributed by atoms with E-state index in [1.165, 1.54) is 0 Å². The van der Waals surface area contributed by atoms with Gasteiger partial charge in [0.1, 0.15) is 5.78 Å². The van der Waals surface area contributed by atoms with E-state index in [1.807, 2.05) is 0 Å². The van der Waals surface area contributed by atoms with Crippen LogP contribution in [-0.4, -0.2) is 18.9 Å². The van der Waals surface area contributed by atoms with Gasteiger partial charge in [-0.2, -0.15) is 0 Å². The molecule has 0 radical (unpaired) electrons. The summed E-state index contributed by atoms with van der Waals surface area (Å²) < 4.78 is 0. The summed E-state index contributed by atoms with van der Waals surface area (Å²) in [4.78, 5) is 10.8. The smallest absolute Gasteiger partial charge is 0.133 e. The van der Waals surface area contributed by atoms with E-state index in [4.69, 9.17) is 0 Å². The van der Waals surface area contributed by atoms with Gasteiger partial charge in [-0.05, 0) is 13.3 Å². The Labute approximate surface area is 54.6 Å². The Kier molecular flexibility index (Phi) is 0.826. The van der Waals surface area contributed by atoms with Crippen LogP contribution in [0, 0.1) is 11.3 Å². The van der Waals surface area contributed by atoms with Crippen molar-refractivity contribution in [2.45, 2.75) is 13.3 Å². The second kappa shape index (κ2) is 1.37. The minimum absolute atomic E-state index is 0.386. The number of nitrogens with one attached hydrogen (secondary N) is 1. The number of ketones is 1. The molecule has 0 amide bonds. The molecule has 9 heavy (non-hydrogen) atoms. The number of carbonyl (C=O) groups is 1. The van der Waals surface area contributed by atoms with Gasteiger partial charge >= 0.3 is 0 Å². The molecule has 0 aromatic rings. The fourth-order valence-electron chi connectivity index (χ4n) is 1.76. The SMILES string of the molecule is CC(=O)C1CC12CNC2. The Balaban J connectivity index is 2.01. The van der Waals surface area contributed by atoms with Crippen molar-refractivity contribution < 1.29 is 4.79 Å². The molecule has 2 heteroatoms. The molecule has 2 aliphatic rings. The summed E-state index contributed by atoms with van der Waals surface area (Å²) >= 11 is 0. The molecule has 0 bridgehead atoms. The summed E-state index contributed by atoms with van der Waals surface area (Å²) in [7, 11) is 0. The minimum atomic E-state index is 0.386. The second-order valence-corrected chi connectivity index (χ2v) is 3.33. The molecule has 1 saturated carbocycles. The second-order valence-electron chi connectivity index (χ2n) is 3.33. The lowest BCUT2D eigenvalue weighted by atomic mass is 9.95. The van der Waals surface area contributed by atoms with Crippen molar-refractivity contribution in [2.75, 3.05) is 13.1 Å². The van der Waals surface area contributed by atoms with Crippen molar-refractivity contribution in [3.63, 3.8) is 0 Å². The van der Waals surface area contributed by atoms with Crippen molar-refractivity contribution in [2.24, 2.45) is 11.3 Å². The largest absolute Gasteiger partial charge is 0.315 e. The molecule has 2 nitrogen and oxygen atoms in total. The summed E-state index contributed by atoms with van der Waals surface area (Å²) in [6.45, 7) is 3.87. The number of carbonyl (C=O) groups excluding carboxylic acids is 1. The molecule has 50 valence electrons. The highest BCUT2D eigenvalue weighted by atomic mass is 16.1. The lowest BCUT2D eigenvalue weighted by Gasteiger charge is -2.27. The molecular weight excluding hydrogens is 114 g/mol. The predicted molar refractivity (Wildman–Crippen MR) is 34.1 cm³/mol. The third-order valence-corrected chi connectivity index (χ3v) is 2.63. The van der Waals surface area contributed by atoms with Gasteiger partial charge < -0.3 is 5.32 Å². The van der Waals surface area contributed by atoms with Crippen LogP contribution in [0.15, 0.2) is 0 Å². The van der Waals surface area contributed by atoms with Crippen LogP contribution in [0.5, 0.6) is 0 Å². The van der Waals surface area contributed by atoms with Crippen molar-refractivity contribution in [3.05, 3.63) is 0 Å². The normalized spacial score (nSPS) is 35.9. The average molecular weight is 125 g/mol. The molecule has 1 heterocycles. The zero-order valence-electron chi connectivity index (χ0n) is 5.61. The van der Waals surface area contributed by atoms with Crippen molar-refractivity contribution in [1.29, 1.82) is 0 Å². The maximum absolute atomic E-state index is 10.8. The maximum Gasteiger partial charge on any atom is 0.133 e. The van der Waals surface area contributed by atoms with Gasteiger partial charge in [0.2, 0.25) is 0 Å². The van der Waals surface area contributed by atoms with E-state index in [9.17, 15) is 4.79 Å². The first-order chi connectivity index (χ1) is 4.25. The Bertz CT molecular complexity index is 160. The van der Waals surface area contributed by atoms with E-state index in [2.05, 4.69) is 5.32 Å². The van der Waals surface area contributed by atoms with Crippen LogP contribution in [0.2, 0.25) is 0 Å². The summed E-state index contributed by atoms with van der Waals surface area (Å²) in [6.07, 6.45) is 1.15. The van der Waals surface area contributed by atoms with Crippen molar-refractivity contribution in [3.8, 4) is 0 Å². The number of hydrogen-bond donors (Lipinski definition) is 1. The molecule has 1 unspecified atom stereocenters. The monoisotopic (exact) mass is 125 g/mol. The molecule has 1 aliphatic carbocycles. The third-order valence-electron chi connectivity index (χ3n) is 2.63. The van der Waals surface area contributed by atoms with Crippen LogP contribution in [0.1, 0.15) is 13.3 Å². The maximum atomic E-state index is 10.8. The van der Waals surface area contributed by atoms with Crippen LogP contribution in [0.3, 0.4) is 0 Å². The molecule has 1 spiro atoms. The van der Waals surface area contributed by atoms with Crippen LogP contribution in [-0.2, 0) is 4.79 Å². The van der Waals surface area contributed by atoms with Crippen LogP contribution in [0.4, 0.5) is 0 Å². The lowest BCUT2D eigenvalue weighted by Crippen LogP contribution is -2.45. The van der Waals surface area contributed by atoms with Gasteiger partial charge in [0.15, 0.2) is 0 Å². The molecular formula is C7H11NO. The molecule has 1 saturated heterocycles. The van der Waals surface area contributed by atoms with E-state index in [0.29, 0.717) is 17.1 Å². The Hall–Kier alpha value is -0.370. The van der Waals surface area contributed by atoms with E-state index in [-0.39, 0.29) is 0 Å². The Morgan fingerprint density at radius 1 is 1.67 bits per heavy atom. The van der Waals surface area contributed by atoms with Gasteiger partial charge in [0.25, 0.3) is 0 Å². The Morgan fingerprint density at radius 2 is 2.33 bits per heavy atom. The fourth-order valence-corrected chi connectivity index (χ4v) is 1.76. The topological polar surface area (TPSA) is 29.1 Å². The number of rotatable bonds is 1. The highest BCUT2D eigenvalue weighted by Gasteiger charge is 2.59. The molecule has 2 fully saturated rings. The van der Waals surface area contributed by atoms with Crippen LogP contribution >= 0.6 is 0 Å². The minimum Gasteiger partial charge on any atom is -0.315 e. The van der Waals surface area contributed by atoms with E-state index in [0.717, 1.165) is 19.5 Å². The first-order valence-corrected chi connectivity index (χ1v) is 3.46. The summed E-state index contributed by atoms with van der Waals surface area (Å²) in [5.74, 6) is 0.801. The quantitative estimate of drug-likeness (QED) is 0.542. The van der Waals surface area contributed by atoms with Gasteiger partial charge in [-0.15, -0.1) is 0 Å². The molecule has 1 aliphatic heterocycles. The summed E-state index contributed by atoms with van der Waals surface area (Å²) in [5, 5.41) is 3.20. The summed E-state index contributed by atoms with van der Waals surface area (Å²) in [5.41, 5.74) is 0.450. The van der Waals surface area contributed by atoms with E-state index < -0.39 is 0 Å². The Morgan fingerprint density at radius 3 is 2.44 bits per heavy atom. The van der Waals surface area contributed by atoms with Gasteiger partial charge in [-0.1, -0.05) is 0 Å². The first-order valence-electron chi connectivity index (χ1n) is 3.46. The highest BCUT2D eigenvalue weighted by Crippen LogP contribution is 2.55. The average Bonchev–Trinajstić information content (AvgIpc) is 2.34. The highest BCUT2D eigenvalue weighted by molar-refractivity contribution is 5.82. The number of hydrogen-bond acceptors (Lipinski definition) is 2. The number of Topliss-reactive ketones (excluding diaryl/α,β-unsaturated/α-hetero) is 1. The molecule has 1 N–H and O–H groups in total. The zero-order valence-corrected chi connectivity index (χ0v) is 5.61. The zero-order chi connectivity index (χ0) is 6.48. The van der Waals surface area contributed by atoms with E-state index >= 15 is 0 Å². The predicted octanol–water partition coefficient (Wildman–Crippen LogP) is 0.185. The van der Waals surface area contributed by atoms with Crippen LogP contribution in [0.25, 0.3) is 0 Å². The molecule has 1 atom stereocenters. The summed E-state index contributed by atoms with van der Waals surface area (Å²) in [6, 6.07) is 0. The fraction of sp³-hybridized carbons (Fsp3) is 0.857. The van der Waals surface area contributed by atoms with Gasteiger partial charge in [-0.3, -0.25) is 4.79 Å². The van der Waals surface area contributed by atoms with Gasteiger partial charge in [0, 0.05) is 24.4 Å².